The van der Waals surface area contributed by atoms with Crippen molar-refractivity contribution in [2.24, 2.45) is 0 Å². The molecular weight excluding hydrogens is 309 g/mol. The van der Waals surface area contributed by atoms with Gasteiger partial charge in [-0.15, -0.1) is 0 Å². The number of nitrogens with one attached hydrogen (secondary N) is 1. The molecular formula is C18H14FN3O2. The monoisotopic (exact) mass is 323 g/mol. The fraction of sp³-hybridized carbons (Fsp3) is 0.111. The van der Waals surface area contributed by atoms with E-state index < -0.39 is 5.82 Å². The van der Waals surface area contributed by atoms with Crippen molar-refractivity contribution in [3.05, 3.63) is 59.3 Å². The fourth-order valence-corrected chi connectivity index (χ4v) is 2.93. The molecule has 4 aromatic rings. The van der Waals surface area contributed by atoms with Gasteiger partial charge in [0.15, 0.2) is 23.6 Å². The lowest BCUT2D eigenvalue weighted by molar-refractivity contribution is 0.112. The summed E-state index contributed by atoms with van der Waals surface area (Å²) in [5, 5.41) is 4.65. The van der Waals surface area contributed by atoms with Crippen LogP contribution in [0.25, 0.3) is 16.4 Å². The number of aryl methyl sites for hydroxylation is 2. The zero-order valence-corrected chi connectivity index (χ0v) is 13.1. The van der Waals surface area contributed by atoms with Crippen molar-refractivity contribution in [2.75, 3.05) is 0 Å². The van der Waals surface area contributed by atoms with Crippen LogP contribution in [0.1, 0.15) is 21.6 Å². The Bertz CT molecular complexity index is 1090. The largest absolute Gasteiger partial charge is 0.452 e. The summed E-state index contributed by atoms with van der Waals surface area (Å²) in [5.74, 6) is 0.149. The quantitative estimate of drug-likeness (QED) is 0.575. The molecule has 0 saturated carbocycles. The Morgan fingerprint density at radius 1 is 1.25 bits per heavy atom. The van der Waals surface area contributed by atoms with Gasteiger partial charge in [-0.05, 0) is 37.6 Å². The number of aromatic nitrogens is 3. The summed E-state index contributed by atoms with van der Waals surface area (Å²) in [6.07, 6.45) is 3.94. The van der Waals surface area contributed by atoms with Crippen LogP contribution in [0.3, 0.4) is 0 Å². The van der Waals surface area contributed by atoms with Gasteiger partial charge in [-0.3, -0.25) is 4.79 Å². The van der Waals surface area contributed by atoms with Crippen molar-refractivity contribution < 1.29 is 13.9 Å². The van der Waals surface area contributed by atoms with E-state index in [2.05, 4.69) is 10.1 Å². The molecule has 0 aliphatic heterocycles. The SMILES string of the molecule is Cc1cc2c(F)c(Oc3ccnn4cc(C=O)c(C)c34)ccc2[nH]1. The minimum Gasteiger partial charge on any atom is -0.452 e. The van der Waals surface area contributed by atoms with Crippen LogP contribution in [0.15, 0.2) is 36.7 Å². The third-order valence-corrected chi connectivity index (χ3v) is 4.11. The predicted octanol–water partition coefficient (Wildman–Crippen LogP) is 4.18. The van der Waals surface area contributed by atoms with E-state index >= 15 is 0 Å². The highest BCUT2D eigenvalue weighted by Crippen LogP contribution is 2.33. The van der Waals surface area contributed by atoms with Gasteiger partial charge in [0.05, 0.1) is 6.20 Å². The highest BCUT2D eigenvalue weighted by atomic mass is 19.1. The lowest BCUT2D eigenvalue weighted by Gasteiger charge is -2.09. The van der Waals surface area contributed by atoms with E-state index in [1.54, 1.807) is 41.2 Å². The maximum absolute atomic E-state index is 14.7. The van der Waals surface area contributed by atoms with Crippen molar-refractivity contribution >= 4 is 22.7 Å². The van der Waals surface area contributed by atoms with E-state index in [0.29, 0.717) is 22.2 Å². The first-order valence-corrected chi connectivity index (χ1v) is 7.46. The molecule has 0 amide bonds. The first-order valence-electron chi connectivity index (χ1n) is 7.46. The topological polar surface area (TPSA) is 59.4 Å². The lowest BCUT2D eigenvalue weighted by Crippen LogP contribution is -1.95. The molecule has 4 rings (SSSR count). The highest BCUT2D eigenvalue weighted by molar-refractivity contribution is 5.85. The Kier molecular flexibility index (Phi) is 3.13. The average molecular weight is 323 g/mol. The lowest BCUT2D eigenvalue weighted by atomic mass is 10.2. The van der Waals surface area contributed by atoms with Crippen LogP contribution in [0.5, 0.6) is 11.5 Å². The summed E-state index contributed by atoms with van der Waals surface area (Å²) < 4.78 is 22.1. The van der Waals surface area contributed by atoms with Gasteiger partial charge in [-0.2, -0.15) is 5.10 Å². The Hall–Kier alpha value is -3.15. The van der Waals surface area contributed by atoms with E-state index in [4.69, 9.17) is 4.74 Å². The number of aldehydes is 1. The Morgan fingerprint density at radius 2 is 2.08 bits per heavy atom. The van der Waals surface area contributed by atoms with Gasteiger partial charge in [-0.25, -0.2) is 8.91 Å². The van der Waals surface area contributed by atoms with E-state index in [-0.39, 0.29) is 5.75 Å². The van der Waals surface area contributed by atoms with E-state index in [1.165, 1.54) is 0 Å². The molecule has 0 atom stereocenters. The van der Waals surface area contributed by atoms with E-state index in [9.17, 15) is 9.18 Å². The average Bonchev–Trinajstić information content (AvgIpc) is 3.11. The third-order valence-electron chi connectivity index (χ3n) is 4.11. The summed E-state index contributed by atoms with van der Waals surface area (Å²) in [5.41, 5.74) is 3.51. The zero-order chi connectivity index (χ0) is 16.8. The minimum absolute atomic E-state index is 0.128. The van der Waals surface area contributed by atoms with Crippen LogP contribution in [0.4, 0.5) is 4.39 Å². The smallest absolute Gasteiger partial charge is 0.175 e. The van der Waals surface area contributed by atoms with Gasteiger partial charge >= 0.3 is 0 Å². The molecule has 0 bridgehead atoms. The van der Waals surface area contributed by atoms with E-state index in [0.717, 1.165) is 23.1 Å². The van der Waals surface area contributed by atoms with Crippen LogP contribution in [0, 0.1) is 19.7 Å². The van der Waals surface area contributed by atoms with Crippen LogP contribution >= 0.6 is 0 Å². The number of rotatable bonds is 3. The van der Waals surface area contributed by atoms with Gasteiger partial charge in [-0.1, -0.05) is 0 Å². The van der Waals surface area contributed by atoms with Crippen LogP contribution in [-0.2, 0) is 0 Å². The second kappa shape index (κ2) is 5.19. The number of aromatic amines is 1. The molecule has 24 heavy (non-hydrogen) atoms. The molecule has 1 aromatic carbocycles. The van der Waals surface area contributed by atoms with Crippen molar-refractivity contribution in [2.45, 2.75) is 13.8 Å². The molecule has 0 unspecified atom stereocenters. The maximum atomic E-state index is 14.7. The highest BCUT2D eigenvalue weighted by Gasteiger charge is 2.16. The number of benzene rings is 1. The summed E-state index contributed by atoms with van der Waals surface area (Å²) >= 11 is 0. The van der Waals surface area contributed by atoms with Crippen LogP contribution in [-0.4, -0.2) is 20.9 Å². The molecule has 0 saturated heterocycles. The molecule has 0 aliphatic rings. The summed E-state index contributed by atoms with van der Waals surface area (Å²) in [6.45, 7) is 3.68. The first kappa shape index (κ1) is 14.4. The Labute approximate surface area is 136 Å². The number of carbonyl (C=O) groups is 1. The third kappa shape index (κ3) is 2.07. The maximum Gasteiger partial charge on any atom is 0.175 e. The molecule has 3 aromatic heterocycles. The summed E-state index contributed by atoms with van der Waals surface area (Å²) in [7, 11) is 0. The molecule has 0 spiro atoms. The second-order valence-corrected chi connectivity index (χ2v) is 5.71. The molecule has 0 fully saturated rings. The first-order chi connectivity index (χ1) is 11.6. The van der Waals surface area contributed by atoms with Crippen LogP contribution in [0.2, 0.25) is 0 Å². The fourth-order valence-electron chi connectivity index (χ4n) is 2.93. The number of ether oxygens (including phenoxy) is 1. The summed E-state index contributed by atoms with van der Waals surface area (Å²) in [4.78, 5) is 14.2. The van der Waals surface area contributed by atoms with Crippen molar-refractivity contribution in [3.8, 4) is 11.5 Å². The number of nitrogens with zero attached hydrogens (tertiary/aromatic N) is 2. The van der Waals surface area contributed by atoms with Gasteiger partial charge < -0.3 is 9.72 Å². The normalized spacial score (nSPS) is 11.3. The Balaban J connectivity index is 1.86. The number of halogens is 1. The second-order valence-electron chi connectivity index (χ2n) is 5.71. The molecule has 5 nitrogen and oxygen atoms in total. The Morgan fingerprint density at radius 3 is 2.88 bits per heavy atom. The van der Waals surface area contributed by atoms with Gasteiger partial charge in [0, 0.05) is 34.4 Å². The van der Waals surface area contributed by atoms with E-state index in [1.807, 2.05) is 13.8 Å². The number of fused-ring (bicyclic) bond motifs is 2. The number of carbonyl (C=O) groups excluding carboxylic acids is 1. The molecule has 3 heterocycles. The molecule has 0 radical (unpaired) electrons. The van der Waals surface area contributed by atoms with Gasteiger partial charge in [0.2, 0.25) is 0 Å². The van der Waals surface area contributed by atoms with Crippen molar-refractivity contribution in [3.63, 3.8) is 0 Å². The summed E-state index contributed by atoms with van der Waals surface area (Å²) in [6, 6.07) is 6.76. The van der Waals surface area contributed by atoms with Crippen molar-refractivity contribution in [1.82, 2.24) is 14.6 Å². The molecule has 120 valence electrons. The standard InChI is InChI=1S/C18H14FN3O2/c1-10-7-13-14(21-10)3-4-15(17(13)19)24-16-5-6-20-22-8-12(9-23)11(2)18(16)22/h3-9,21H,1-2H3. The number of H-pyrrole nitrogens is 1. The predicted molar refractivity (Wildman–Crippen MR) is 88.4 cm³/mol. The van der Waals surface area contributed by atoms with Crippen molar-refractivity contribution in [1.29, 1.82) is 0 Å². The zero-order valence-electron chi connectivity index (χ0n) is 13.1. The van der Waals surface area contributed by atoms with Gasteiger partial charge in [0.25, 0.3) is 0 Å². The minimum atomic E-state index is -0.424. The molecule has 1 N–H and O–H groups in total. The number of hydrogen-bond donors (Lipinski definition) is 1. The number of hydrogen-bond acceptors (Lipinski definition) is 3. The van der Waals surface area contributed by atoms with Gasteiger partial charge in [0.1, 0.15) is 5.52 Å². The molecule has 0 aliphatic carbocycles. The van der Waals surface area contributed by atoms with Crippen LogP contribution < -0.4 is 4.74 Å². The molecule has 6 heteroatoms.